The molecule has 0 spiro atoms. The maximum absolute atomic E-state index is 12.6. The van der Waals surface area contributed by atoms with Gasteiger partial charge in [0.2, 0.25) is 11.8 Å². The van der Waals surface area contributed by atoms with Gasteiger partial charge in [0.15, 0.2) is 0 Å². The first-order valence-corrected chi connectivity index (χ1v) is 13.1. The molecule has 2 aromatic heterocycles. The van der Waals surface area contributed by atoms with Crippen LogP contribution in [0.15, 0.2) is 24.4 Å². The summed E-state index contributed by atoms with van der Waals surface area (Å²) in [4.78, 5) is 31.2. The first-order chi connectivity index (χ1) is 19.5. The summed E-state index contributed by atoms with van der Waals surface area (Å²) in [6, 6.07) is 4.94. The summed E-state index contributed by atoms with van der Waals surface area (Å²) >= 11 is 0. The Balaban J connectivity index is 0.000000521. The Morgan fingerprint density at radius 3 is 2.29 bits per heavy atom. The van der Waals surface area contributed by atoms with E-state index in [1.165, 1.54) is 6.92 Å². The Kier molecular flexibility index (Phi) is 10.5. The Labute approximate surface area is 235 Å². The summed E-state index contributed by atoms with van der Waals surface area (Å²) in [5.41, 5.74) is 1.82. The minimum atomic E-state index is -4.47. The predicted octanol–water partition coefficient (Wildman–Crippen LogP) is 6.10. The molecule has 4 rings (SSSR count). The van der Waals surface area contributed by atoms with Crippen LogP contribution in [0, 0.1) is 6.92 Å². The van der Waals surface area contributed by atoms with Crippen LogP contribution in [0.5, 0.6) is 0 Å². The molecule has 0 aliphatic heterocycles. The van der Waals surface area contributed by atoms with Crippen molar-refractivity contribution in [3.63, 3.8) is 0 Å². The van der Waals surface area contributed by atoms with Gasteiger partial charge in [-0.25, -0.2) is 13.8 Å². The highest BCUT2D eigenvalue weighted by Gasteiger charge is 2.31. The number of hydrogen-bond donors (Lipinski definition) is 3. The number of aromatic nitrogens is 4. The van der Waals surface area contributed by atoms with Gasteiger partial charge in [0.1, 0.15) is 12.4 Å². The van der Waals surface area contributed by atoms with Crippen molar-refractivity contribution >= 4 is 22.8 Å². The number of carbonyl (C=O) groups excluding carboxylic acids is 2. The molecule has 1 aliphatic rings. The minimum Gasteiger partial charge on any atom is -0.352 e. The van der Waals surface area contributed by atoms with E-state index in [1.54, 1.807) is 18.2 Å². The van der Waals surface area contributed by atoms with Crippen molar-refractivity contribution in [2.45, 2.75) is 89.8 Å². The molecule has 232 valence electrons. The Bertz CT molecular complexity index is 1350. The number of benzene rings is 1. The molecule has 0 radical (unpaired) electrons. The van der Waals surface area contributed by atoms with Crippen molar-refractivity contribution in [2.75, 3.05) is 0 Å². The van der Waals surface area contributed by atoms with Crippen LogP contribution in [0.4, 0.5) is 35.1 Å². The molecular weight excluding hydrogens is 580 g/mol. The lowest BCUT2D eigenvalue weighted by Gasteiger charge is -2.20. The fourth-order valence-electron chi connectivity index (χ4n) is 4.17. The maximum Gasteiger partial charge on any atom is 0.408 e. The topological polar surface area (TPSA) is 105 Å². The number of nitrogens with zero attached hydrogens (tertiary/aromatic N) is 3. The van der Waals surface area contributed by atoms with Gasteiger partial charge in [-0.3, -0.25) is 14.3 Å². The summed E-state index contributed by atoms with van der Waals surface area (Å²) in [6.45, 7) is 0.0406. The molecule has 2 amide bonds. The largest absolute Gasteiger partial charge is 0.408 e. The van der Waals surface area contributed by atoms with E-state index in [0.717, 1.165) is 12.6 Å². The normalized spacial score (nSPS) is 15.2. The van der Waals surface area contributed by atoms with E-state index >= 15 is 0 Å². The third-order valence-corrected chi connectivity index (χ3v) is 6.40. The second-order valence-electron chi connectivity index (χ2n) is 9.94. The first kappa shape index (κ1) is 32.8. The quantitative estimate of drug-likeness (QED) is 0.268. The third-order valence-electron chi connectivity index (χ3n) is 6.40. The molecule has 8 nitrogen and oxygen atoms in total. The Morgan fingerprint density at radius 2 is 1.69 bits per heavy atom. The maximum atomic E-state index is 12.6. The minimum absolute atomic E-state index is 0.00362. The lowest BCUT2D eigenvalue weighted by atomic mass is 9.97. The number of fused-ring (bicyclic) bond motifs is 1. The van der Waals surface area contributed by atoms with Gasteiger partial charge in [-0.1, -0.05) is 12.5 Å². The van der Waals surface area contributed by atoms with E-state index in [0.29, 0.717) is 39.9 Å². The van der Waals surface area contributed by atoms with Crippen molar-refractivity contribution in [3.05, 3.63) is 47.0 Å². The number of aromatic amines is 1. The standard InChI is InChI=1S/C20H20F6N6O2.C6H10F2/c1-11-13(8-29-32(11)10-20(24,25)26)18(34)28-9-16-30-14-3-2-12(6-15(14)31-16)7-27-17(33)4-5-19(21,22)23;7-6(8)4-2-1-3-5-6/h2-3,6,8H,4-5,7,9-10H2,1H3,(H,27,33)(H,28,34)(H,30,31);1-5H2. The zero-order chi connectivity index (χ0) is 31.1. The molecule has 0 unspecified atom stereocenters. The summed E-state index contributed by atoms with van der Waals surface area (Å²) in [7, 11) is 0. The number of halogens is 8. The van der Waals surface area contributed by atoms with Crippen molar-refractivity contribution in [1.82, 2.24) is 30.4 Å². The van der Waals surface area contributed by atoms with Gasteiger partial charge in [-0.2, -0.15) is 31.4 Å². The lowest BCUT2D eigenvalue weighted by Crippen LogP contribution is -2.24. The molecule has 1 saturated carbocycles. The average Bonchev–Trinajstić information content (AvgIpc) is 3.46. The van der Waals surface area contributed by atoms with Crippen LogP contribution in [-0.2, 0) is 24.4 Å². The summed E-state index contributed by atoms with van der Waals surface area (Å²) in [5, 5.41) is 8.57. The number of H-pyrrole nitrogens is 1. The number of amides is 2. The van der Waals surface area contributed by atoms with Crippen LogP contribution in [-0.4, -0.2) is 49.8 Å². The third kappa shape index (κ3) is 10.6. The number of nitrogens with one attached hydrogen (secondary N) is 3. The fourth-order valence-corrected chi connectivity index (χ4v) is 4.17. The van der Waals surface area contributed by atoms with Gasteiger partial charge in [0.25, 0.3) is 5.91 Å². The predicted molar refractivity (Wildman–Crippen MR) is 135 cm³/mol. The van der Waals surface area contributed by atoms with E-state index in [2.05, 4.69) is 25.7 Å². The van der Waals surface area contributed by atoms with Gasteiger partial charge in [0.05, 0.1) is 35.8 Å². The SMILES string of the molecule is Cc1c(C(=O)NCc2nc3ccc(CNC(=O)CCC(F)(F)F)cc3[nH]2)cnn1CC(F)(F)F.FC1(F)CCCCC1. The first-order valence-electron chi connectivity index (χ1n) is 13.1. The van der Waals surface area contributed by atoms with E-state index in [1.807, 2.05) is 0 Å². The van der Waals surface area contributed by atoms with Crippen LogP contribution >= 0.6 is 0 Å². The van der Waals surface area contributed by atoms with E-state index in [4.69, 9.17) is 0 Å². The molecule has 2 heterocycles. The zero-order valence-electron chi connectivity index (χ0n) is 22.6. The van der Waals surface area contributed by atoms with Gasteiger partial charge >= 0.3 is 12.4 Å². The van der Waals surface area contributed by atoms with Crippen molar-refractivity contribution in [2.24, 2.45) is 0 Å². The molecule has 1 aromatic carbocycles. The molecule has 0 saturated heterocycles. The van der Waals surface area contributed by atoms with Crippen LogP contribution < -0.4 is 10.6 Å². The average molecular weight is 611 g/mol. The van der Waals surface area contributed by atoms with E-state index in [-0.39, 0.29) is 37.2 Å². The molecule has 0 atom stereocenters. The lowest BCUT2D eigenvalue weighted by molar-refractivity contribution is -0.144. The fraction of sp³-hybridized carbons (Fsp3) is 0.538. The molecule has 1 fully saturated rings. The van der Waals surface area contributed by atoms with Crippen LogP contribution in [0.25, 0.3) is 11.0 Å². The number of hydrogen-bond acceptors (Lipinski definition) is 4. The molecular formula is C26H30F8N6O2. The second-order valence-corrected chi connectivity index (χ2v) is 9.94. The number of carbonyl (C=O) groups is 2. The van der Waals surface area contributed by atoms with Gasteiger partial charge in [-0.15, -0.1) is 0 Å². The van der Waals surface area contributed by atoms with Crippen LogP contribution in [0.2, 0.25) is 0 Å². The van der Waals surface area contributed by atoms with E-state index < -0.39 is 49.5 Å². The van der Waals surface area contributed by atoms with Crippen molar-refractivity contribution < 1.29 is 44.7 Å². The van der Waals surface area contributed by atoms with Gasteiger partial charge < -0.3 is 15.6 Å². The number of rotatable bonds is 8. The highest BCUT2D eigenvalue weighted by molar-refractivity contribution is 5.95. The zero-order valence-corrected chi connectivity index (χ0v) is 22.6. The molecule has 16 heteroatoms. The van der Waals surface area contributed by atoms with Crippen LogP contribution in [0.1, 0.15) is 72.4 Å². The summed E-state index contributed by atoms with van der Waals surface area (Å²) < 4.78 is 99.3. The highest BCUT2D eigenvalue weighted by Crippen LogP contribution is 2.32. The van der Waals surface area contributed by atoms with Crippen molar-refractivity contribution in [1.29, 1.82) is 0 Å². The number of alkyl halides is 8. The summed E-state index contributed by atoms with van der Waals surface area (Å²) in [5.74, 6) is -3.29. The smallest absolute Gasteiger partial charge is 0.352 e. The van der Waals surface area contributed by atoms with Gasteiger partial charge in [0, 0.05) is 31.5 Å². The monoisotopic (exact) mass is 610 g/mol. The number of imidazole rings is 1. The second kappa shape index (κ2) is 13.5. The molecule has 1 aliphatic carbocycles. The Hall–Kier alpha value is -3.72. The molecule has 0 bridgehead atoms. The van der Waals surface area contributed by atoms with Crippen LogP contribution in [0.3, 0.4) is 0 Å². The summed E-state index contributed by atoms with van der Waals surface area (Å²) in [6.07, 6.45) is -7.01. The van der Waals surface area contributed by atoms with E-state index in [9.17, 15) is 44.7 Å². The highest BCUT2D eigenvalue weighted by atomic mass is 19.4. The van der Waals surface area contributed by atoms with Gasteiger partial charge in [-0.05, 0) is 37.5 Å². The Morgan fingerprint density at radius 1 is 1.00 bits per heavy atom. The van der Waals surface area contributed by atoms with Crippen molar-refractivity contribution in [3.8, 4) is 0 Å². The molecule has 3 N–H and O–H groups in total. The molecule has 3 aromatic rings. The molecule has 42 heavy (non-hydrogen) atoms.